The highest BCUT2D eigenvalue weighted by Crippen LogP contribution is 2.41. The van der Waals surface area contributed by atoms with Crippen LogP contribution in [0.25, 0.3) is 6.08 Å². The van der Waals surface area contributed by atoms with Crippen molar-refractivity contribution in [3.8, 4) is 17.2 Å². The Hall–Kier alpha value is -2.77. The van der Waals surface area contributed by atoms with Gasteiger partial charge in [0.25, 0.3) is 5.91 Å². The van der Waals surface area contributed by atoms with Crippen LogP contribution in [0.5, 0.6) is 17.2 Å². The molecule has 5 nitrogen and oxygen atoms in total. The molecular weight excluding hydrogens is 382 g/mol. The summed E-state index contributed by atoms with van der Waals surface area (Å²) in [5.74, 6) is 1.77. The lowest BCUT2D eigenvalue weighted by Gasteiger charge is -2.14. The molecule has 0 aromatic heterocycles. The van der Waals surface area contributed by atoms with E-state index in [0.29, 0.717) is 38.8 Å². The molecule has 0 N–H and O–H groups in total. The molecule has 2 aliphatic rings. The van der Waals surface area contributed by atoms with Gasteiger partial charge in [-0.1, -0.05) is 54.8 Å². The lowest BCUT2D eigenvalue weighted by Crippen LogP contribution is -2.27. The SMILES string of the molecule is C=CCOc1ccccc1/C=C1\SC(=S)N(c2ccc3c(c2)OCO3)C1=O. The van der Waals surface area contributed by atoms with Crippen LogP contribution in [0.1, 0.15) is 5.56 Å². The van der Waals surface area contributed by atoms with Gasteiger partial charge in [-0.2, -0.15) is 0 Å². The Morgan fingerprint density at radius 2 is 2.04 bits per heavy atom. The molecule has 2 aromatic rings. The first-order valence-electron chi connectivity index (χ1n) is 8.17. The number of ether oxygens (including phenoxy) is 3. The second kappa shape index (κ2) is 7.46. The lowest BCUT2D eigenvalue weighted by molar-refractivity contribution is -0.113. The summed E-state index contributed by atoms with van der Waals surface area (Å²) in [5, 5.41) is 0. The molecule has 2 aliphatic heterocycles. The molecule has 1 saturated heterocycles. The molecule has 0 aliphatic carbocycles. The van der Waals surface area contributed by atoms with Crippen molar-refractivity contribution in [2.45, 2.75) is 0 Å². The van der Waals surface area contributed by atoms with Gasteiger partial charge in [0.05, 0.1) is 10.6 Å². The zero-order valence-electron chi connectivity index (χ0n) is 14.2. The summed E-state index contributed by atoms with van der Waals surface area (Å²) < 4.78 is 16.8. The van der Waals surface area contributed by atoms with E-state index in [9.17, 15) is 4.79 Å². The maximum absolute atomic E-state index is 13.0. The highest BCUT2D eigenvalue weighted by molar-refractivity contribution is 8.27. The lowest BCUT2D eigenvalue weighted by atomic mass is 10.2. The molecule has 0 atom stereocenters. The van der Waals surface area contributed by atoms with Crippen molar-refractivity contribution >= 4 is 46.0 Å². The summed E-state index contributed by atoms with van der Waals surface area (Å²) in [6.45, 7) is 4.23. The van der Waals surface area contributed by atoms with Crippen LogP contribution >= 0.6 is 24.0 Å². The van der Waals surface area contributed by atoms with Crippen molar-refractivity contribution in [3.63, 3.8) is 0 Å². The van der Waals surface area contributed by atoms with E-state index in [0.717, 1.165) is 5.56 Å². The predicted octanol–water partition coefficient (Wildman–Crippen LogP) is 4.39. The van der Waals surface area contributed by atoms with Crippen molar-refractivity contribution in [2.24, 2.45) is 0 Å². The zero-order valence-corrected chi connectivity index (χ0v) is 15.8. The first-order chi connectivity index (χ1) is 13.2. The summed E-state index contributed by atoms with van der Waals surface area (Å²) in [6.07, 6.45) is 3.47. The van der Waals surface area contributed by atoms with Crippen LogP contribution in [-0.2, 0) is 4.79 Å². The van der Waals surface area contributed by atoms with E-state index < -0.39 is 0 Å². The van der Waals surface area contributed by atoms with Crippen LogP contribution in [-0.4, -0.2) is 23.6 Å². The van der Waals surface area contributed by atoms with Gasteiger partial charge in [-0.3, -0.25) is 9.69 Å². The molecule has 27 heavy (non-hydrogen) atoms. The quantitative estimate of drug-likeness (QED) is 0.424. The van der Waals surface area contributed by atoms with Crippen LogP contribution in [0.4, 0.5) is 5.69 Å². The molecule has 0 unspecified atom stereocenters. The molecule has 0 spiro atoms. The third-order valence-electron chi connectivity index (χ3n) is 3.97. The monoisotopic (exact) mass is 397 g/mol. The molecule has 2 heterocycles. The van der Waals surface area contributed by atoms with Gasteiger partial charge in [0.1, 0.15) is 12.4 Å². The third kappa shape index (κ3) is 3.43. The highest BCUT2D eigenvalue weighted by atomic mass is 32.2. The summed E-state index contributed by atoms with van der Waals surface area (Å²) >= 11 is 6.69. The number of carbonyl (C=O) groups is 1. The molecule has 2 aromatic carbocycles. The molecule has 0 radical (unpaired) electrons. The number of hydrogen-bond acceptors (Lipinski definition) is 6. The van der Waals surface area contributed by atoms with E-state index in [1.54, 1.807) is 30.4 Å². The Morgan fingerprint density at radius 3 is 2.89 bits per heavy atom. The number of thioether (sulfide) groups is 1. The van der Waals surface area contributed by atoms with Crippen LogP contribution in [0.15, 0.2) is 60.0 Å². The number of rotatable bonds is 5. The number of amides is 1. The number of thiocarbonyl (C=S) groups is 1. The second-order valence-corrected chi connectivity index (χ2v) is 7.37. The maximum atomic E-state index is 13.0. The molecular formula is C20H15NO4S2. The van der Waals surface area contributed by atoms with Gasteiger partial charge >= 0.3 is 0 Å². The van der Waals surface area contributed by atoms with Gasteiger partial charge in [-0.05, 0) is 24.3 Å². The number of nitrogens with zero attached hydrogens (tertiary/aromatic N) is 1. The zero-order chi connectivity index (χ0) is 18.8. The molecule has 1 amide bonds. The normalized spacial score (nSPS) is 16.9. The van der Waals surface area contributed by atoms with E-state index in [1.807, 2.05) is 24.3 Å². The van der Waals surface area contributed by atoms with E-state index in [1.165, 1.54) is 16.7 Å². The standard InChI is InChI=1S/C20H15NO4S2/c1-2-9-23-15-6-4-3-5-13(15)10-18-19(22)21(20(26)27-18)14-7-8-16-17(11-14)25-12-24-16/h2-8,10-11H,1,9,12H2/b18-10-. The highest BCUT2D eigenvalue weighted by Gasteiger charge is 2.34. The van der Waals surface area contributed by atoms with Gasteiger partial charge in [0, 0.05) is 11.6 Å². The number of benzene rings is 2. The number of para-hydroxylation sites is 1. The van der Waals surface area contributed by atoms with Crippen molar-refractivity contribution in [1.29, 1.82) is 0 Å². The summed E-state index contributed by atoms with van der Waals surface area (Å²) in [6, 6.07) is 12.9. The topological polar surface area (TPSA) is 48.0 Å². The van der Waals surface area contributed by atoms with Gasteiger partial charge < -0.3 is 14.2 Å². The minimum absolute atomic E-state index is 0.178. The minimum atomic E-state index is -0.178. The molecule has 136 valence electrons. The molecule has 0 saturated carbocycles. The third-order valence-corrected chi connectivity index (χ3v) is 5.27. The first kappa shape index (κ1) is 17.6. The van der Waals surface area contributed by atoms with Crippen molar-refractivity contribution in [1.82, 2.24) is 0 Å². The number of hydrogen-bond donors (Lipinski definition) is 0. The number of fused-ring (bicyclic) bond motifs is 1. The van der Waals surface area contributed by atoms with Gasteiger partial charge in [-0.15, -0.1) is 0 Å². The Bertz CT molecular complexity index is 970. The largest absolute Gasteiger partial charge is 0.489 e. The van der Waals surface area contributed by atoms with Gasteiger partial charge in [0.15, 0.2) is 15.8 Å². The Morgan fingerprint density at radius 1 is 1.22 bits per heavy atom. The van der Waals surface area contributed by atoms with E-state index in [-0.39, 0.29) is 12.7 Å². The number of anilines is 1. The van der Waals surface area contributed by atoms with Crippen LogP contribution < -0.4 is 19.1 Å². The average molecular weight is 397 g/mol. The fraction of sp³-hybridized carbons (Fsp3) is 0.100. The van der Waals surface area contributed by atoms with Crippen molar-refractivity contribution in [3.05, 3.63) is 65.6 Å². The van der Waals surface area contributed by atoms with E-state index in [4.69, 9.17) is 26.4 Å². The molecule has 0 bridgehead atoms. The molecule has 1 fully saturated rings. The smallest absolute Gasteiger partial charge is 0.270 e. The fourth-order valence-corrected chi connectivity index (χ4v) is 4.03. The van der Waals surface area contributed by atoms with Gasteiger partial charge in [-0.25, -0.2) is 0 Å². The number of carbonyl (C=O) groups excluding carboxylic acids is 1. The van der Waals surface area contributed by atoms with E-state index in [2.05, 4.69) is 6.58 Å². The Kier molecular flexibility index (Phi) is 4.87. The summed E-state index contributed by atoms with van der Waals surface area (Å²) in [4.78, 5) is 15.0. The van der Waals surface area contributed by atoms with E-state index >= 15 is 0 Å². The second-order valence-electron chi connectivity index (χ2n) is 5.69. The predicted molar refractivity (Wildman–Crippen MR) is 110 cm³/mol. The van der Waals surface area contributed by atoms with Crippen molar-refractivity contribution in [2.75, 3.05) is 18.3 Å². The van der Waals surface area contributed by atoms with Crippen molar-refractivity contribution < 1.29 is 19.0 Å². The van der Waals surface area contributed by atoms with Crippen LogP contribution in [0.3, 0.4) is 0 Å². The molecule has 4 rings (SSSR count). The first-order valence-corrected chi connectivity index (χ1v) is 9.40. The fourth-order valence-electron chi connectivity index (χ4n) is 2.74. The minimum Gasteiger partial charge on any atom is -0.489 e. The van der Waals surface area contributed by atoms with Crippen LogP contribution in [0.2, 0.25) is 0 Å². The summed E-state index contributed by atoms with van der Waals surface area (Å²) in [5.41, 5.74) is 1.46. The van der Waals surface area contributed by atoms with Gasteiger partial charge in [0.2, 0.25) is 6.79 Å². The van der Waals surface area contributed by atoms with Crippen LogP contribution in [0, 0.1) is 0 Å². The Balaban J connectivity index is 1.64. The average Bonchev–Trinajstić information content (AvgIpc) is 3.24. The summed E-state index contributed by atoms with van der Waals surface area (Å²) in [7, 11) is 0. The maximum Gasteiger partial charge on any atom is 0.270 e. The Labute approximate surface area is 166 Å². The molecule has 7 heteroatoms.